The molecule has 1 aromatic carbocycles. The second-order valence-corrected chi connectivity index (χ2v) is 6.55. The minimum Gasteiger partial charge on any atom is -0.387 e. The largest absolute Gasteiger partial charge is 0.387 e. The molecule has 0 radical (unpaired) electrons. The van der Waals surface area contributed by atoms with Gasteiger partial charge in [-0.15, -0.1) is 0 Å². The zero-order valence-electron chi connectivity index (χ0n) is 13.4. The molecule has 0 aliphatic heterocycles. The fourth-order valence-corrected chi connectivity index (χ4v) is 3.52. The van der Waals surface area contributed by atoms with E-state index in [0.29, 0.717) is 18.7 Å². The Morgan fingerprint density at radius 1 is 1.16 bits per heavy atom. The first-order chi connectivity index (χ1) is 12.3. The molecule has 6 nitrogen and oxygen atoms in total. The van der Waals surface area contributed by atoms with Crippen LogP contribution in [-0.2, 0) is 6.54 Å². The number of aliphatic hydroxyl groups excluding tert-OH is 1. The Hall–Kier alpha value is -2.77. The molecule has 0 saturated carbocycles. The van der Waals surface area contributed by atoms with E-state index < -0.39 is 6.10 Å². The Balaban J connectivity index is 1.69. The molecule has 0 fully saturated rings. The molecular formula is C18H17N5OS. The first-order valence-electron chi connectivity index (χ1n) is 7.94. The number of aromatic amines is 1. The molecule has 0 saturated heterocycles. The van der Waals surface area contributed by atoms with E-state index >= 15 is 0 Å². The normalized spacial score (nSPS) is 12.4. The van der Waals surface area contributed by atoms with Gasteiger partial charge in [0.1, 0.15) is 12.1 Å². The van der Waals surface area contributed by atoms with Crippen LogP contribution in [0.5, 0.6) is 0 Å². The van der Waals surface area contributed by atoms with Gasteiger partial charge in [-0.2, -0.15) is 16.4 Å². The number of fused-ring (bicyclic) bond motifs is 1. The zero-order valence-corrected chi connectivity index (χ0v) is 14.2. The number of anilines is 1. The van der Waals surface area contributed by atoms with Crippen molar-refractivity contribution in [1.82, 2.24) is 20.2 Å². The molecule has 4 rings (SSSR count). The summed E-state index contributed by atoms with van der Waals surface area (Å²) in [6.07, 6.45) is 2.65. The van der Waals surface area contributed by atoms with Crippen LogP contribution in [0, 0.1) is 0 Å². The fraction of sp³-hybridized carbons (Fsp3) is 0.167. The van der Waals surface area contributed by atoms with Gasteiger partial charge in [-0.1, -0.05) is 30.3 Å². The average Bonchev–Trinajstić information content (AvgIpc) is 3.33. The number of benzene rings is 1. The minimum atomic E-state index is -0.591. The second kappa shape index (κ2) is 7.00. The quantitative estimate of drug-likeness (QED) is 0.558. The fourth-order valence-electron chi connectivity index (χ4n) is 2.81. The second-order valence-electron chi connectivity index (χ2n) is 5.77. The van der Waals surface area contributed by atoms with Crippen LogP contribution in [0.4, 0.5) is 5.82 Å². The van der Waals surface area contributed by atoms with Crippen LogP contribution in [0.3, 0.4) is 0 Å². The predicted molar refractivity (Wildman–Crippen MR) is 98.5 cm³/mol. The molecule has 2 N–H and O–H groups in total. The Labute approximate surface area is 148 Å². The Morgan fingerprint density at radius 3 is 2.84 bits per heavy atom. The van der Waals surface area contributed by atoms with E-state index in [9.17, 15) is 5.11 Å². The molecule has 0 amide bonds. The van der Waals surface area contributed by atoms with Crippen LogP contribution in [0.2, 0.25) is 0 Å². The van der Waals surface area contributed by atoms with E-state index in [1.54, 1.807) is 17.5 Å². The smallest absolute Gasteiger partial charge is 0.160 e. The molecule has 0 bridgehead atoms. The number of aromatic nitrogens is 4. The predicted octanol–water partition coefficient (Wildman–Crippen LogP) is 3.15. The van der Waals surface area contributed by atoms with Crippen LogP contribution in [0.1, 0.15) is 17.2 Å². The lowest BCUT2D eigenvalue weighted by Crippen LogP contribution is -2.29. The van der Waals surface area contributed by atoms with E-state index in [1.807, 2.05) is 35.0 Å². The monoisotopic (exact) mass is 351 g/mol. The van der Waals surface area contributed by atoms with Gasteiger partial charge < -0.3 is 10.0 Å². The highest BCUT2D eigenvalue weighted by Gasteiger charge is 2.19. The van der Waals surface area contributed by atoms with E-state index in [1.165, 1.54) is 6.33 Å². The summed E-state index contributed by atoms with van der Waals surface area (Å²) in [4.78, 5) is 10.7. The molecule has 0 aliphatic carbocycles. The number of hydrogen-bond donors (Lipinski definition) is 2. The minimum absolute atomic E-state index is 0.433. The van der Waals surface area contributed by atoms with Crippen molar-refractivity contribution in [3.8, 4) is 0 Å². The highest BCUT2D eigenvalue weighted by atomic mass is 32.1. The van der Waals surface area contributed by atoms with Crippen molar-refractivity contribution in [2.75, 3.05) is 11.4 Å². The summed E-state index contributed by atoms with van der Waals surface area (Å²) >= 11 is 1.58. The van der Waals surface area contributed by atoms with Gasteiger partial charge in [-0.3, -0.25) is 5.10 Å². The third-order valence-electron chi connectivity index (χ3n) is 4.06. The van der Waals surface area contributed by atoms with E-state index in [-0.39, 0.29) is 0 Å². The van der Waals surface area contributed by atoms with Gasteiger partial charge >= 0.3 is 0 Å². The molecule has 1 atom stereocenters. The van der Waals surface area contributed by atoms with E-state index in [0.717, 1.165) is 22.3 Å². The van der Waals surface area contributed by atoms with Crippen LogP contribution < -0.4 is 4.90 Å². The summed E-state index contributed by atoms with van der Waals surface area (Å²) in [6.45, 7) is 1.07. The summed E-state index contributed by atoms with van der Waals surface area (Å²) in [7, 11) is 0. The number of thiophene rings is 1. The summed E-state index contributed by atoms with van der Waals surface area (Å²) in [5, 5.41) is 22.4. The SMILES string of the molecule is O[C@H](CN(Cc1ccccc1)c1ncnc2[nH]ncc12)c1ccsc1. The van der Waals surface area contributed by atoms with Gasteiger partial charge in [0.05, 0.1) is 17.7 Å². The maximum Gasteiger partial charge on any atom is 0.160 e. The van der Waals surface area contributed by atoms with Gasteiger partial charge in [0.2, 0.25) is 0 Å². The third kappa shape index (κ3) is 3.38. The molecule has 7 heteroatoms. The average molecular weight is 351 g/mol. The molecule has 3 aromatic heterocycles. The maximum atomic E-state index is 10.6. The summed E-state index contributed by atoms with van der Waals surface area (Å²) in [6, 6.07) is 12.1. The number of nitrogens with zero attached hydrogens (tertiary/aromatic N) is 4. The van der Waals surface area contributed by atoms with Crippen molar-refractivity contribution >= 4 is 28.2 Å². The van der Waals surface area contributed by atoms with Crippen molar-refractivity contribution in [1.29, 1.82) is 0 Å². The van der Waals surface area contributed by atoms with Gasteiger partial charge in [0.25, 0.3) is 0 Å². The molecule has 3 heterocycles. The molecule has 0 unspecified atom stereocenters. The number of H-pyrrole nitrogens is 1. The molecule has 4 aromatic rings. The lowest BCUT2D eigenvalue weighted by Gasteiger charge is -2.26. The Kier molecular flexibility index (Phi) is 4.41. The molecule has 0 aliphatic rings. The van der Waals surface area contributed by atoms with E-state index in [2.05, 4.69) is 37.2 Å². The summed E-state index contributed by atoms with van der Waals surface area (Å²) in [5.41, 5.74) is 2.75. The highest BCUT2D eigenvalue weighted by molar-refractivity contribution is 7.07. The topological polar surface area (TPSA) is 77.9 Å². The van der Waals surface area contributed by atoms with Crippen LogP contribution in [0.25, 0.3) is 11.0 Å². The standard InChI is InChI=1S/C18H17N5OS/c24-16(14-6-7-25-11-14)10-23(9-13-4-2-1-3-5-13)18-15-8-21-22-17(15)19-12-20-18/h1-8,11-12,16,24H,9-10H2,(H,19,20,21,22)/t16-/m1/s1. The molecular weight excluding hydrogens is 334 g/mol. The van der Waals surface area contributed by atoms with Gasteiger partial charge in [-0.25, -0.2) is 9.97 Å². The first kappa shape index (κ1) is 15.7. The summed E-state index contributed by atoms with van der Waals surface area (Å²) in [5.74, 6) is 0.761. The van der Waals surface area contributed by atoms with Gasteiger partial charge in [0.15, 0.2) is 5.65 Å². The van der Waals surface area contributed by atoms with Crippen LogP contribution in [0.15, 0.2) is 59.7 Å². The lowest BCUT2D eigenvalue weighted by atomic mass is 10.1. The first-order valence-corrected chi connectivity index (χ1v) is 8.88. The van der Waals surface area contributed by atoms with Crippen molar-refractivity contribution in [2.45, 2.75) is 12.6 Å². The maximum absolute atomic E-state index is 10.6. The van der Waals surface area contributed by atoms with Crippen LogP contribution >= 0.6 is 11.3 Å². The van der Waals surface area contributed by atoms with Crippen LogP contribution in [-0.4, -0.2) is 31.8 Å². The van der Waals surface area contributed by atoms with Crippen molar-refractivity contribution < 1.29 is 5.11 Å². The van der Waals surface area contributed by atoms with Crippen molar-refractivity contribution in [2.24, 2.45) is 0 Å². The Bertz CT molecular complexity index is 938. The number of rotatable bonds is 6. The summed E-state index contributed by atoms with van der Waals surface area (Å²) < 4.78 is 0. The number of hydrogen-bond acceptors (Lipinski definition) is 6. The Morgan fingerprint density at radius 2 is 2.04 bits per heavy atom. The highest BCUT2D eigenvalue weighted by Crippen LogP contribution is 2.26. The van der Waals surface area contributed by atoms with Gasteiger partial charge in [-0.05, 0) is 28.0 Å². The van der Waals surface area contributed by atoms with Gasteiger partial charge in [0, 0.05) is 13.1 Å². The lowest BCUT2D eigenvalue weighted by molar-refractivity contribution is 0.183. The molecule has 126 valence electrons. The number of aliphatic hydroxyl groups is 1. The zero-order chi connectivity index (χ0) is 17.1. The molecule has 0 spiro atoms. The van der Waals surface area contributed by atoms with E-state index in [4.69, 9.17) is 0 Å². The van der Waals surface area contributed by atoms with Crippen molar-refractivity contribution in [3.63, 3.8) is 0 Å². The van der Waals surface area contributed by atoms with Crippen molar-refractivity contribution in [3.05, 3.63) is 70.8 Å². The molecule has 25 heavy (non-hydrogen) atoms. The number of nitrogens with one attached hydrogen (secondary N) is 1. The third-order valence-corrected chi connectivity index (χ3v) is 4.77.